The number of carbonyl (C=O) groups excluding carboxylic acids is 3. The average Bonchev–Trinajstić information content (AvgIpc) is 3.59. The molecular formula is C33H38BrN3O4S. The molecule has 3 aliphatic heterocycles. The summed E-state index contributed by atoms with van der Waals surface area (Å²) in [5.74, 6) is -1.94. The molecule has 7 atom stereocenters. The molecule has 1 N–H and O–H groups in total. The maximum atomic E-state index is 14.8. The number of benzene rings is 2. The van der Waals surface area contributed by atoms with Gasteiger partial charge in [-0.25, -0.2) is 0 Å². The Morgan fingerprint density at radius 3 is 2.26 bits per heavy atom. The molecular weight excluding hydrogens is 614 g/mol. The predicted octanol–water partition coefficient (Wildman–Crippen LogP) is 4.83. The fourth-order valence-corrected chi connectivity index (χ4v) is 10.7. The molecule has 5 rings (SSSR count). The minimum Gasteiger partial charge on any atom is -0.394 e. The molecule has 3 amide bonds. The molecule has 3 aliphatic rings. The number of aliphatic hydroxyl groups excluding tert-OH is 1. The number of aliphatic hydroxyl groups is 1. The molecule has 0 saturated carbocycles. The van der Waals surface area contributed by atoms with Gasteiger partial charge in [-0.3, -0.25) is 14.4 Å². The first-order chi connectivity index (χ1) is 20.2. The Labute approximate surface area is 260 Å². The largest absolute Gasteiger partial charge is 0.394 e. The van der Waals surface area contributed by atoms with E-state index < -0.39 is 28.7 Å². The van der Waals surface area contributed by atoms with E-state index >= 15 is 0 Å². The number of thioether (sulfide) groups is 1. The lowest BCUT2D eigenvalue weighted by atomic mass is 9.70. The highest BCUT2D eigenvalue weighted by molar-refractivity contribution is 9.09. The predicted molar refractivity (Wildman–Crippen MR) is 171 cm³/mol. The van der Waals surface area contributed by atoms with Crippen molar-refractivity contribution < 1.29 is 19.5 Å². The molecule has 0 radical (unpaired) electrons. The third-order valence-corrected chi connectivity index (χ3v) is 12.0. The van der Waals surface area contributed by atoms with Crippen LogP contribution in [0.3, 0.4) is 0 Å². The van der Waals surface area contributed by atoms with Crippen molar-refractivity contribution in [3.8, 4) is 0 Å². The fourth-order valence-electron chi connectivity index (χ4n) is 7.09. The van der Waals surface area contributed by atoms with Crippen molar-refractivity contribution in [3.63, 3.8) is 0 Å². The van der Waals surface area contributed by atoms with Crippen LogP contribution in [0.2, 0.25) is 0 Å². The Hall–Kier alpha value is -2.88. The number of alkyl halides is 1. The van der Waals surface area contributed by atoms with Gasteiger partial charge in [-0.1, -0.05) is 76.6 Å². The lowest BCUT2D eigenvalue weighted by Crippen LogP contribution is -2.57. The molecule has 3 unspecified atom stereocenters. The van der Waals surface area contributed by atoms with E-state index in [2.05, 4.69) is 29.1 Å². The number of hydrogen-bond acceptors (Lipinski definition) is 5. The molecule has 2 aromatic carbocycles. The summed E-state index contributed by atoms with van der Waals surface area (Å²) in [5, 5.41) is 10.6. The number of fused-ring (bicyclic) bond motifs is 1. The highest BCUT2D eigenvalue weighted by atomic mass is 79.9. The normalized spacial score (nSPS) is 28.5. The minimum absolute atomic E-state index is 0.0617. The van der Waals surface area contributed by atoms with E-state index in [1.807, 2.05) is 74.5 Å². The van der Waals surface area contributed by atoms with Gasteiger partial charge >= 0.3 is 0 Å². The molecule has 3 heterocycles. The van der Waals surface area contributed by atoms with Crippen LogP contribution in [0.5, 0.6) is 0 Å². The SMILES string of the molecule is C=CCN(C(=O)[C@H]1[C@@H]2SC3(CC2Br)C(C(=O)N(CC=C)C(C)C)N([C@H](CO)c2ccccc2)C(=O)[C@H]13)c1ccccc1. The maximum Gasteiger partial charge on any atom is 0.247 e. The van der Waals surface area contributed by atoms with Gasteiger partial charge in [0.1, 0.15) is 6.04 Å². The van der Waals surface area contributed by atoms with E-state index in [1.165, 1.54) is 0 Å². The van der Waals surface area contributed by atoms with E-state index in [0.717, 1.165) is 11.3 Å². The van der Waals surface area contributed by atoms with Gasteiger partial charge in [-0.15, -0.1) is 24.9 Å². The highest BCUT2D eigenvalue weighted by Gasteiger charge is 2.76. The van der Waals surface area contributed by atoms with Crippen LogP contribution in [0, 0.1) is 11.8 Å². The van der Waals surface area contributed by atoms with E-state index in [4.69, 9.17) is 0 Å². The Kier molecular flexibility index (Phi) is 9.02. The summed E-state index contributed by atoms with van der Waals surface area (Å²) in [6.45, 7) is 11.9. The molecule has 0 aromatic heterocycles. The average molecular weight is 653 g/mol. The van der Waals surface area contributed by atoms with Crippen LogP contribution < -0.4 is 4.90 Å². The molecule has 3 saturated heterocycles. The number of hydrogen-bond donors (Lipinski definition) is 1. The standard InChI is InChI=1S/C33H38BrN3O4S/c1-5-17-35(21(3)4)32(41)29-33-19-24(34)28(42-33)26(30(39)36(18-6-2)23-15-11-8-12-16-23)27(33)31(40)37(29)25(20-38)22-13-9-7-10-14-22/h5-16,21,24-29,38H,1-2,17-20H2,3-4H3/t24?,25-,26-,27+,28-,29?,33?/m1/s1. The second kappa shape index (κ2) is 12.4. The first-order valence-electron chi connectivity index (χ1n) is 14.4. The summed E-state index contributed by atoms with van der Waals surface area (Å²) >= 11 is 5.46. The first kappa shape index (κ1) is 30.6. The van der Waals surface area contributed by atoms with Crippen LogP contribution in [-0.2, 0) is 14.4 Å². The number of anilines is 1. The number of halogens is 1. The van der Waals surface area contributed by atoms with Crippen molar-refractivity contribution in [1.82, 2.24) is 9.80 Å². The monoisotopic (exact) mass is 651 g/mol. The minimum atomic E-state index is -0.855. The molecule has 2 aromatic rings. The van der Waals surface area contributed by atoms with Crippen LogP contribution in [0.4, 0.5) is 5.69 Å². The molecule has 0 aliphatic carbocycles. The molecule has 3 fully saturated rings. The molecule has 7 nitrogen and oxygen atoms in total. The van der Waals surface area contributed by atoms with E-state index in [0.29, 0.717) is 19.5 Å². The summed E-state index contributed by atoms with van der Waals surface area (Å²) < 4.78 is -0.833. The number of likely N-dealkylation sites (tertiary alicyclic amines) is 1. The van der Waals surface area contributed by atoms with Crippen molar-refractivity contribution in [1.29, 1.82) is 0 Å². The second-order valence-corrected chi connectivity index (χ2v) is 14.2. The Bertz CT molecular complexity index is 1340. The number of rotatable bonds is 11. The smallest absolute Gasteiger partial charge is 0.247 e. The second-order valence-electron chi connectivity index (χ2n) is 11.5. The van der Waals surface area contributed by atoms with Crippen molar-refractivity contribution in [3.05, 3.63) is 91.5 Å². The van der Waals surface area contributed by atoms with Gasteiger partial charge in [-0.2, -0.15) is 0 Å². The maximum absolute atomic E-state index is 14.8. The van der Waals surface area contributed by atoms with Gasteiger partial charge in [0.25, 0.3) is 0 Å². The summed E-state index contributed by atoms with van der Waals surface area (Å²) in [5.41, 5.74) is 1.48. The summed E-state index contributed by atoms with van der Waals surface area (Å²) in [6.07, 6.45) is 3.95. The lowest BCUT2D eigenvalue weighted by molar-refractivity contribution is -0.146. The van der Waals surface area contributed by atoms with Crippen molar-refractivity contribution in [2.75, 3.05) is 24.6 Å². The quantitative estimate of drug-likeness (QED) is 0.278. The first-order valence-corrected chi connectivity index (χ1v) is 16.2. The summed E-state index contributed by atoms with van der Waals surface area (Å²) in [7, 11) is 0. The molecule has 1 spiro atoms. The lowest BCUT2D eigenvalue weighted by Gasteiger charge is -2.41. The van der Waals surface area contributed by atoms with Gasteiger partial charge in [0.05, 0.1) is 29.2 Å². The van der Waals surface area contributed by atoms with Gasteiger partial charge < -0.3 is 19.8 Å². The van der Waals surface area contributed by atoms with Crippen molar-refractivity contribution in [2.45, 2.75) is 53.2 Å². The van der Waals surface area contributed by atoms with Crippen LogP contribution in [-0.4, -0.2) is 79.2 Å². The van der Waals surface area contributed by atoms with Crippen LogP contribution in [0.15, 0.2) is 86.0 Å². The number of carbonyl (C=O) groups is 3. The van der Waals surface area contributed by atoms with Crippen molar-refractivity contribution in [2.24, 2.45) is 11.8 Å². The zero-order valence-electron chi connectivity index (χ0n) is 24.0. The van der Waals surface area contributed by atoms with Crippen LogP contribution in [0.1, 0.15) is 31.9 Å². The van der Waals surface area contributed by atoms with Crippen LogP contribution >= 0.6 is 27.7 Å². The molecule has 222 valence electrons. The molecule has 9 heteroatoms. The third-order valence-electron chi connectivity index (χ3n) is 8.82. The number of para-hydroxylation sites is 1. The Morgan fingerprint density at radius 1 is 1.07 bits per heavy atom. The zero-order chi connectivity index (χ0) is 30.2. The van der Waals surface area contributed by atoms with Crippen molar-refractivity contribution >= 4 is 51.1 Å². The molecule has 42 heavy (non-hydrogen) atoms. The Balaban J connectivity index is 1.65. The Morgan fingerprint density at radius 2 is 1.69 bits per heavy atom. The molecule has 2 bridgehead atoms. The summed E-state index contributed by atoms with van der Waals surface area (Å²) in [6, 6.07) is 17.0. The fraction of sp³-hybridized carbons (Fsp3) is 0.424. The van der Waals surface area contributed by atoms with E-state index in [-0.39, 0.29) is 40.4 Å². The topological polar surface area (TPSA) is 81.2 Å². The highest BCUT2D eigenvalue weighted by Crippen LogP contribution is 2.69. The van der Waals surface area contributed by atoms with Gasteiger partial charge in [0.15, 0.2) is 0 Å². The van der Waals surface area contributed by atoms with Gasteiger partial charge in [-0.05, 0) is 38.0 Å². The number of nitrogens with zero attached hydrogens (tertiary/aromatic N) is 3. The van der Waals surface area contributed by atoms with Crippen LogP contribution in [0.25, 0.3) is 0 Å². The number of amides is 3. The van der Waals surface area contributed by atoms with E-state index in [1.54, 1.807) is 38.6 Å². The zero-order valence-corrected chi connectivity index (χ0v) is 26.4. The summed E-state index contributed by atoms with van der Waals surface area (Å²) in [4.78, 5) is 48.9. The van der Waals surface area contributed by atoms with Gasteiger partial charge in [0.2, 0.25) is 17.7 Å². The van der Waals surface area contributed by atoms with Gasteiger partial charge in [0, 0.05) is 34.9 Å². The van der Waals surface area contributed by atoms with E-state index in [9.17, 15) is 19.5 Å². The third kappa shape index (κ3) is 4.93.